The van der Waals surface area contributed by atoms with Gasteiger partial charge in [0.05, 0.1) is 17.1 Å². The fraction of sp³-hybridized carbons (Fsp3) is 0.200. The van der Waals surface area contributed by atoms with Crippen molar-refractivity contribution in [3.63, 3.8) is 0 Å². The van der Waals surface area contributed by atoms with Gasteiger partial charge in [0, 0.05) is 17.5 Å². The molecule has 21 heavy (non-hydrogen) atoms. The van der Waals surface area contributed by atoms with E-state index in [9.17, 15) is 15.2 Å². The molecular formula is C15H13ClN2O3. The van der Waals surface area contributed by atoms with Crippen LogP contribution in [0.5, 0.6) is 0 Å². The van der Waals surface area contributed by atoms with Crippen LogP contribution in [0.1, 0.15) is 17.2 Å². The molecule has 2 aromatic rings. The van der Waals surface area contributed by atoms with Crippen molar-refractivity contribution in [2.45, 2.75) is 18.6 Å². The molecule has 3 rings (SSSR count). The molecule has 108 valence electrons. The van der Waals surface area contributed by atoms with Crippen LogP contribution in [0.2, 0.25) is 5.02 Å². The molecule has 0 bridgehead atoms. The highest BCUT2D eigenvalue weighted by atomic mass is 35.5. The number of hydrogen-bond donors (Lipinski definition) is 2. The molecule has 2 N–H and O–H groups in total. The van der Waals surface area contributed by atoms with Crippen molar-refractivity contribution in [1.82, 2.24) is 0 Å². The molecule has 0 saturated heterocycles. The molecule has 0 spiro atoms. The second kappa shape index (κ2) is 5.35. The zero-order valence-electron chi connectivity index (χ0n) is 11.0. The first kappa shape index (κ1) is 13.9. The van der Waals surface area contributed by atoms with Crippen LogP contribution >= 0.6 is 11.6 Å². The third kappa shape index (κ3) is 2.57. The fourth-order valence-corrected chi connectivity index (χ4v) is 2.86. The van der Waals surface area contributed by atoms with Crippen LogP contribution in [0.4, 0.5) is 11.4 Å². The Kier molecular flexibility index (Phi) is 3.53. The lowest BCUT2D eigenvalue weighted by molar-refractivity contribution is -0.384. The van der Waals surface area contributed by atoms with Crippen molar-refractivity contribution in [2.75, 3.05) is 5.32 Å². The van der Waals surface area contributed by atoms with E-state index in [1.54, 1.807) is 12.1 Å². The summed E-state index contributed by atoms with van der Waals surface area (Å²) in [6.07, 6.45) is -0.0763. The first-order valence-electron chi connectivity index (χ1n) is 6.52. The van der Waals surface area contributed by atoms with Gasteiger partial charge in [-0.05, 0) is 23.3 Å². The van der Waals surface area contributed by atoms with E-state index in [2.05, 4.69) is 5.32 Å². The van der Waals surface area contributed by atoms with E-state index >= 15 is 0 Å². The van der Waals surface area contributed by atoms with Crippen molar-refractivity contribution in [3.05, 3.63) is 68.7 Å². The molecule has 5 nitrogen and oxygen atoms in total. The summed E-state index contributed by atoms with van der Waals surface area (Å²) in [5.74, 6) is 0. The first-order valence-corrected chi connectivity index (χ1v) is 6.90. The zero-order chi connectivity index (χ0) is 15.0. The van der Waals surface area contributed by atoms with Crippen LogP contribution < -0.4 is 5.32 Å². The highest BCUT2D eigenvalue weighted by Gasteiger charge is 2.32. The van der Waals surface area contributed by atoms with Gasteiger partial charge in [0.1, 0.15) is 5.69 Å². The second-order valence-electron chi connectivity index (χ2n) is 5.01. The van der Waals surface area contributed by atoms with E-state index in [1.165, 1.54) is 6.07 Å². The molecule has 0 heterocycles. The number of anilines is 1. The number of hydrogen-bond acceptors (Lipinski definition) is 4. The van der Waals surface area contributed by atoms with Crippen LogP contribution in [0.3, 0.4) is 0 Å². The summed E-state index contributed by atoms with van der Waals surface area (Å²) in [6.45, 7) is 0. The minimum absolute atomic E-state index is 0.0981. The normalized spacial score (nSPS) is 20.1. The molecule has 2 atom stereocenters. The van der Waals surface area contributed by atoms with Crippen molar-refractivity contribution >= 4 is 23.0 Å². The number of rotatable bonds is 3. The maximum atomic E-state index is 11.1. The predicted octanol–water partition coefficient (Wildman–Crippen LogP) is 3.32. The Balaban J connectivity index is 1.96. The lowest BCUT2D eigenvalue weighted by Gasteiger charge is -2.19. The van der Waals surface area contributed by atoms with E-state index in [1.807, 2.05) is 24.3 Å². The van der Waals surface area contributed by atoms with Gasteiger partial charge in [0.25, 0.3) is 5.69 Å². The summed E-state index contributed by atoms with van der Waals surface area (Å²) < 4.78 is 0. The Morgan fingerprint density at radius 1 is 1.29 bits per heavy atom. The number of benzene rings is 2. The van der Waals surface area contributed by atoms with Crippen molar-refractivity contribution in [3.8, 4) is 0 Å². The number of nitrogens with one attached hydrogen (secondary N) is 1. The molecule has 0 unspecified atom stereocenters. The van der Waals surface area contributed by atoms with Crippen LogP contribution in [0, 0.1) is 10.1 Å². The van der Waals surface area contributed by atoms with E-state index in [4.69, 9.17) is 11.6 Å². The maximum absolute atomic E-state index is 11.1. The average molecular weight is 305 g/mol. The SMILES string of the molecule is O=[N+]([O-])c1cc(Cl)ccc1N[C@H]1c2ccccc2C[C@H]1O. The van der Waals surface area contributed by atoms with Crippen molar-refractivity contribution in [1.29, 1.82) is 0 Å². The number of halogens is 1. The van der Waals surface area contributed by atoms with Crippen molar-refractivity contribution in [2.24, 2.45) is 0 Å². The molecule has 0 radical (unpaired) electrons. The lowest BCUT2D eigenvalue weighted by Crippen LogP contribution is -2.21. The number of aliphatic hydroxyl groups excluding tert-OH is 1. The topological polar surface area (TPSA) is 75.4 Å². The lowest BCUT2D eigenvalue weighted by atomic mass is 10.1. The highest BCUT2D eigenvalue weighted by Crippen LogP contribution is 2.37. The molecule has 0 fully saturated rings. The minimum atomic E-state index is -0.613. The Morgan fingerprint density at radius 3 is 2.81 bits per heavy atom. The number of aliphatic hydroxyl groups is 1. The summed E-state index contributed by atoms with van der Waals surface area (Å²) in [4.78, 5) is 10.6. The average Bonchev–Trinajstić information content (AvgIpc) is 2.77. The maximum Gasteiger partial charge on any atom is 0.293 e. The molecule has 2 aromatic carbocycles. The van der Waals surface area contributed by atoms with Gasteiger partial charge in [0.2, 0.25) is 0 Å². The molecular weight excluding hydrogens is 292 g/mol. The van der Waals surface area contributed by atoms with Crippen LogP contribution in [0.25, 0.3) is 0 Å². The predicted molar refractivity (Wildman–Crippen MR) is 80.6 cm³/mol. The third-order valence-corrected chi connectivity index (χ3v) is 3.91. The van der Waals surface area contributed by atoms with E-state index in [-0.39, 0.29) is 11.7 Å². The van der Waals surface area contributed by atoms with Gasteiger partial charge in [-0.25, -0.2) is 0 Å². The Morgan fingerprint density at radius 2 is 2.05 bits per heavy atom. The fourth-order valence-electron chi connectivity index (χ4n) is 2.69. The van der Waals surface area contributed by atoms with Crippen LogP contribution in [-0.4, -0.2) is 16.1 Å². The van der Waals surface area contributed by atoms with Gasteiger partial charge in [0.15, 0.2) is 0 Å². The first-order chi connectivity index (χ1) is 10.1. The van der Waals surface area contributed by atoms with Gasteiger partial charge in [-0.3, -0.25) is 10.1 Å². The summed E-state index contributed by atoms with van der Waals surface area (Å²) in [5, 5.41) is 24.7. The summed E-state index contributed by atoms with van der Waals surface area (Å²) in [5.41, 5.74) is 2.28. The van der Waals surface area contributed by atoms with Gasteiger partial charge >= 0.3 is 0 Å². The van der Waals surface area contributed by atoms with Crippen LogP contribution in [-0.2, 0) is 6.42 Å². The highest BCUT2D eigenvalue weighted by molar-refractivity contribution is 6.30. The number of fused-ring (bicyclic) bond motifs is 1. The smallest absolute Gasteiger partial charge is 0.293 e. The zero-order valence-corrected chi connectivity index (χ0v) is 11.7. The van der Waals surface area contributed by atoms with Gasteiger partial charge in [-0.15, -0.1) is 0 Å². The molecule has 1 aliphatic rings. The largest absolute Gasteiger partial charge is 0.390 e. The van der Waals surface area contributed by atoms with Crippen LogP contribution in [0.15, 0.2) is 42.5 Å². The third-order valence-electron chi connectivity index (χ3n) is 3.67. The van der Waals surface area contributed by atoms with Gasteiger partial charge in [-0.2, -0.15) is 0 Å². The Labute approximate surface area is 126 Å². The number of nitro benzene ring substituents is 1. The molecule has 6 heteroatoms. The number of nitrogens with zero attached hydrogens (tertiary/aromatic N) is 1. The monoisotopic (exact) mass is 304 g/mol. The molecule has 0 saturated carbocycles. The Bertz CT molecular complexity index is 705. The van der Waals surface area contributed by atoms with Gasteiger partial charge < -0.3 is 10.4 Å². The van der Waals surface area contributed by atoms with Gasteiger partial charge in [-0.1, -0.05) is 35.9 Å². The quantitative estimate of drug-likeness (QED) is 0.674. The Hall–Kier alpha value is -2.11. The molecule has 0 aromatic heterocycles. The number of nitro groups is 1. The van der Waals surface area contributed by atoms with Crippen molar-refractivity contribution < 1.29 is 10.0 Å². The molecule has 1 aliphatic carbocycles. The summed E-state index contributed by atoms with van der Waals surface area (Å²) in [6, 6.07) is 11.8. The summed E-state index contributed by atoms with van der Waals surface area (Å²) in [7, 11) is 0. The van der Waals surface area contributed by atoms with E-state index in [0.29, 0.717) is 17.1 Å². The standard InChI is InChI=1S/C15H13ClN2O3/c16-10-5-6-12(13(8-10)18(20)21)17-15-11-4-2-1-3-9(11)7-14(15)19/h1-6,8,14-15,17,19H,7H2/t14-,15+/m1/s1. The summed E-state index contributed by atoms with van der Waals surface area (Å²) >= 11 is 5.81. The second-order valence-corrected chi connectivity index (χ2v) is 5.45. The minimum Gasteiger partial charge on any atom is -0.390 e. The molecule has 0 amide bonds. The van der Waals surface area contributed by atoms with E-state index < -0.39 is 11.0 Å². The van der Waals surface area contributed by atoms with E-state index in [0.717, 1.165) is 11.1 Å². The molecule has 0 aliphatic heterocycles.